The van der Waals surface area contributed by atoms with Gasteiger partial charge in [0.05, 0.1) is 11.4 Å². The molecule has 3 aromatic carbocycles. The van der Waals surface area contributed by atoms with Crippen molar-refractivity contribution in [3.63, 3.8) is 0 Å². The van der Waals surface area contributed by atoms with E-state index in [1.807, 2.05) is 35.0 Å². The number of aryl methyl sites for hydroxylation is 2. The zero-order valence-corrected chi connectivity index (χ0v) is 16.8. The van der Waals surface area contributed by atoms with Crippen molar-refractivity contribution in [3.8, 4) is 11.3 Å². The lowest BCUT2D eigenvalue weighted by Crippen LogP contribution is -2.18. The number of nitrogens with one attached hydrogen (secondary N) is 1. The Morgan fingerprint density at radius 3 is 2.32 bits per heavy atom. The minimum Gasteiger partial charge on any atom is -0.288 e. The van der Waals surface area contributed by atoms with Gasteiger partial charge >= 0.3 is 0 Å². The number of halogens is 1. The summed E-state index contributed by atoms with van der Waals surface area (Å²) >= 11 is 0. The standard InChI is InChI=1S/C25H22FN3O2/c26-22-12-10-20(11-13-22)24-17-23(16-19-4-2-1-3-5-19)27-29(24)15-14-18-6-8-21(9-7-18)25(30)28-31/h1-13,17,31H,14-16H2,(H,28,30). The Morgan fingerprint density at radius 1 is 0.935 bits per heavy atom. The summed E-state index contributed by atoms with van der Waals surface area (Å²) < 4.78 is 15.4. The molecule has 0 aliphatic heterocycles. The smallest absolute Gasteiger partial charge is 0.274 e. The summed E-state index contributed by atoms with van der Waals surface area (Å²) in [6.07, 6.45) is 1.43. The molecule has 0 unspecified atom stereocenters. The van der Waals surface area contributed by atoms with E-state index in [-0.39, 0.29) is 5.82 Å². The molecule has 1 amide bonds. The normalized spacial score (nSPS) is 10.8. The van der Waals surface area contributed by atoms with E-state index in [0.29, 0.717) is 24.9 Å². The minimum absolute atomic E-state index is 0.272. The molecule has 0 aliphatic rings. The summed E-state index contributed by atoms with van der Waals surface area (Å²) in [4.78, 5) is 11.5. The van der Waals surface area contributed by atoms with E-state index in [9.17, 15) is 9.18 Å². The van der Waals surface area contributed by atoms with Gasteiger partial charge < -0.3 is 0 Å². The van der Waals surface area contributed by atoms with Crippen LogP contribution in [0.15, 0.2) is 84.9 Å². The number of hydrogen-bond donors (Lipinski definition) is 2. The van der Waals surface area contributed by atoms with E-state index in [2.05, 4.69) is 18.2 Å². The maximum absolute atomic E-state index is 13.4. The summed E-state index contributed by atoms with van der Waals surface area (Å²) in [7, 11) is 0. The lowest BCUT2D eigenvalue weighted by atomic mass is 10.1. The maximum atomic E-state index is 13.4. The van der Waals surface area contributed by atoms with E-state index in [1.54, 1.807) is 29.7 Å². The fraction of sp³-hybridized carbons (Fsp3) is 0.120. The largest absolute Gasteiger partial charge is 0.288 e. The first-order valence-corrected chi connectivity index (χ1v) is 10.0. The van der Waals surface area contributed by atoms with Crippen molar-refractivity contribution in [1.82, 2.24) is 15.3 Å². The lowest BCUT2D eigenvalue weighted by molar-refractivity contribution is 0.0706. The average molecular weight is 415 g/mol. The Bertz CT molecular complexity index is 1150. The summed E-state index contributed by atoms with van der Waals surface area (Å²) in [5.41, 5.74) is 7.02. The van der Waals surface area contributed by atoms with Gasteiger partial charge in [0.2, 0.25) is 0 Å². The molecule has 1 heterocycles. The van der Waals surface area contributed by atoms with Gasteiger partial charge in [0, 0.05) is 18.5 Å². The first kappa shape index (κ1) is 20.5. The van der Waals surface area contributed by atoms with Crippen molar-refractivity contribution in [2.75, 3.05) is 0 Å². The Labute approximate surface area is 179 Å². The number of hydrogen-bond acceptors (Lipinski definition) is 3. The molecule has 31 heavy (non-hydrogen) atoms. The third kappa shape index (κ3) is 5.05. The van der Waals surface area contributed by atoms with Crippen LogP contribution in [0.4, 0.5) is 4.39 Å². The molecular formula is C25H22FN3O2. The molecule has 156 valence electrons. The second-order valence-electron chi connectivity index (χ2n) is 7.30. The highest BCUT2D eigenvalue weighted by atomic mass is 19.1. The van der Waals surface area contributed by atoms with Crippen LogP contribution in [0, 0.1) is 5.82 Å². The molecule has 4 aromatic rings. The molecule has 0 atom stereocenters. The molecule has 0 saturated heterocycles. The van der Waals surface area contributed by atoms with Crippen molar-refractivity contribution in [2.24, 2.45) is 0 Å². The summed E-state index contributed by atoms with van der Waals surface area (Å²) in [6.45, 7) is 0.632. The molecule has 0 saturated carbocycles. The van der Waals surface area contributed by atoms with E-state index in [1.165, 1.54) is 17.7 Å². The van der Waals surface area contributed by atoms with Crippen molar-refractivity contribution in [2.45, 2.75) is 19.4 Å². The SMILES string of the molecule is O=C(NO)c1ccc(CCn2nc(Cc3ccccc3)cc2-c2ccc(F)cc2)cc1. The fourth-order valence-electron chi connectivity index (χ4n) is 3.51. The monoisotopic (exact) mass is 415 g/mol. The van der Waals surface area contributed by atoms with Crippen LogP contribution in [0.2, 0.25) is 0 Å². The topological polar surface area (TPSA) is 67.2 Å². The number of carbonyl (C=O) groups excluding carboxylic acids is 1. The second-order valence-corrected chi connectivity index (χ2v) is 7.30. The third-order valence-corrected chi connectivity index (χ3v) is 5.13. The fourth-order valence-corrected chi connectivity index (χ4v) is 3.51. The van der Waals surface area contributed by atoms with Gasteiger partial charge in [-0.3, -0.25) is 14.7 Å². The van der Waals surface area contributed by atoms with Crippen molar-refractivity contribution < 1.29 is 14.4 Å². The van der Waals surface area contributed by atoms with Gasteiger partial charge in [0.1, 0.15) is 5.82 Å². The summed E-state index contributed by atoms with van der Waals surface area (Å²) in [5.74, 6) is -0.811. The number of nitrogens with zero attached hydrogens (tertiary/aromatic N) is 2. The number of carbonyl (C=O) groups is 1. The molecular weight excluding hydrogens is 393 g/mol. The van der Waals surface area contributed by atoms with Gasteiger partial charge in [-0.25, -0.2) is 9.87 Å². The van der Waals surface area contributed by atoms with Gasteiger partial charge in [-0.2, -0.15) is 5.10 Å². The molecule has 0 aliphatic carbocycles. The summed E-state index contributed by atoms with van der Waals surface area (Å²) in [5, 5.41) is 13.5. The van der Waals surface area contributed by atoms with Crippen LogP contribution in [0.1, 0.15) is 27.2 Å². The quantitative estimate of drug-likeness (QED) is 0.341. The number of amides is 1. The zero-order chi connectivity index (χ0) is 21.6. The first-order chi connectivity index (χ1) is 15.1. The van der Waals surface area contributed by atoms with Crippen molar-refractivity contribution in [3.05, 3.63) is 113 Å². The molecule has 0 spiro atoms. The third-order valence-electron chi connectivity index (χ3n) is 5.13. The van der Waals surface area contributed by atoms with Gasteiger partial charge in [-0.05, 0) is 65.6 Å². The Morgan fingerprint density at radius 2 is 1.65 bits per heavy atom. The van der Waals surface area contributed by atoms with Crippen LogP contribution in [-0.4, -0.2) is 20.9 Å². The van der Waals surface area contributed by atoms with Crippen LogP contribution < -0.4 is 5.48 Å². The molecule has 0 bridgehead atoms. The van der Waals surface area contributed by atoms with E-state index >= 15 is 0 Å². The molecule has 0 fully saturated rings. The molecule has 2 N–H and O–H groups in total. The highest BCUT2D eigenvalue weighted by molar-refractivity contribution is 5.93. The van der Waals surface area contributed by atoms with Crippen LogP contribution in [0.5, 0.6) is 0 Å². The molecule has 1 aromatic heterocycles. The maximum Gasteiger partial charge on any atom is 0.274 e. The van der Waals surface area contributed by atoms with Crippen molar-refractivity contribution >= 4 is 5.91 Å². The Balaban J connectivity index is 1.57. The Hall–Kier alpha value is -3.77. The lowest BCUT2D eigenvalue weighted by Gasteiger charge is -2.08. The van der Waals surface area contributed by atoms with E-state index in [0.717, 1.165) is 22.5 Å². The van der Waals surface area contributed by atoms with Crippen LogP contribution in [-0.2, 0) is 19.4 Å². The predicted octanol–water partition coefficient (Wildman–Crippen LogP) is 4.64. The number of hydroxylamine groups is 1. The van der Waals surface area contributed by atoms with Gasteiger partial charge in [0.15, 0.2) is 0 Å². The van der Waals surface area contributed by atoms with Gasteiger partial charge in [-0.1, -0.05) is 42.5 Å². The molecule has 4 rings (SSSR count). The molecule has 5 nitrogen and oxygen atoms in total. The van der Waals surface area contributed by atoms with E-state index in [4.69, 9.17) is 10.3 Å². The molecule has 6 heteroatoms. The highest BCUT2D eigenvalue weighted by Gasteiger charge is 2.12. The Kier molecular flexibility index (Phi) is 6.19. The molecule has 0 radical (unpaired) electrons. The minimum atomic E-state index is -0.539. The number of aromatic nitrogens is 2. The number of benzene rings is 3. The van der Waals surface area contributed by atoms with Crippen molar-refractivity contribution in [1.29, 1.82) is 0 Å². The zero-order valence-electron chi connectivity index (χ0n) is 16.8. The average Bonchev–Trinajstić information content (AvgIpc) is 3.21. The predicted molar refractivity (Wildman–Crippen MR) is 116 cm³/mol. The first-order valence-electron chi connectivity index (χ1n) is 10.0. The van der Waals surface area contributed by atoms with Gasteiger partial charge in [0.25, 0.3) is 5.91 Å². The van der Waals surface area contributed by atoms with Crippen LogP contribution in [0.25, 0.3) is 11.3 Å². The summed E-state index contributed by atoms with van der Waals surface area (Å²) in [6, 6.07) is 25.7. The van der Waals surface area contributed by atoms with Gasteiger partial charge in [-0.15, -0.1) is 0 Å². The second kappa shape index (κ2) is 9.36. The van der Waals surface area contributed by atoms with Crippen LogP contribution in [0.3, 0.4) is 0 Å². The van der Waals surface area contributed by atoms with E-state index < -0.39 is 5.91 Å². The highest BCUT2D eigenvalue weighted by Crippen LogP contribution is 2.23. The van der Waals surface area contributed by atoms with Crippen LogP contribution >= 0.6 is 0 Å². The number of rotatable bonds is 7.